The Balaban J connectivity index is 2.15. The molecule has 0 amide bonds. The van der Waals surface area contributed by atoms with Gasteiger partial charge in [0.25, 0.3) is 0 Å². The van der Waals surface area contributed by atoms with Crippen LogP contribution in [-0.4, -0.2) is 85.7 Å². The van der Waals surface area contributed by atoms with Crippen LogP contribution in [0, 0.1) is 11.3 Å². The zero-order valence-electron chi connectivity index (χ0n) is 18.1. The van der Waals surface area contributed by atoms with Gasteiger partial charge in [-0.1, -0.05) is 34.6 Å². The van der Waals surface area contributed by atoms with Gasteiger partial charge in [0.15, 0.2) is 0 Å². The van der Waals surface area contributed by atoms with E-state index in [0.29, 0.717) is 25.7 Å². The second-order valence-corrected chi connectivity index (χ2v) is 9.04. The molecule has 0 saturated carbocycles. The molecule has 1 rings (SSSR count). The van der Waals surface area contributed by atoms with E-state index in [1.807, 2.05) is 0 Å². The number of piperazine rings is 1. The van der Waals surface area contributed by atoms with Crippen LogP contribution >= 0.6 is 0 Å². The smallest absolute Gasteiger partial charge is 0.0900 e. The number of aliphatic imine (C=N–C) groups is 1. The molecule has 0 bridgehead atoms. The summed E-state index contributed by atoms with van der Waals surface area (Å²) in [5.74, 6) is 0.686. The van der Waals surface area contributed by atoms with Gasteiger partial charge >= 0.3 is 0 Å². The Labute approximate surface area is 161 Å². The molecule has 1 N–H and O–H groups in total. The minimum Gasteiger partial charge on any atom is -0.389 e. The predicted molar refractivity (Wildman–Crippen MR) is 111 cm³/mol. The largest absolute Gasteiger partial charge is 0.389 e. The van der Waals surface area contributed by atoms with Gasteiger partial charge in [0.1, 0.15) is 0 Å². The van der Waals surface area contributed by atoms with E-state index in [-0.39, 0.29) is 5.41 Å². The van der Waals surface area contributed by atoms with Gasteiger partial charge in [0.05, 0.1) is 25.9 Å². The first-order valence-electron chi connectivity index (χ1n) is 10.4. The fourth-order valence-corrected chi connectivity index (χ4v) is 3.16. The lowest BCUT2D eigenvalue weighted by Crippen LogP contribution is -2.49. The highest BCUT2D eigenvalue weighted by Crippen LogP contribution is 2.19. The lowest BCUT2D eigenvalue weighted by Gasteiger charge is -2.35. The average molecular weight is 370 g/mol. The summed E-state index contributed by atoms with van der Waals surface area (Å²) in [5.41, 5.74) is 1.47. The molecule has 26 heavy (non-hydrogen) atoms. The molecule has 1 fully saturated rings. The molecule has 5 heteroatoms. The number of aliphatic hydroxyl groups is 1. The summed E-state index contributed by atoms with van der Waals surface area (Å²) < 4.78 is 5.71. The van der Waals surface area contributed by atoms with E-state index >= 15 is 0 Å². The van der Waals surface area contributed by atoms with Crippen molar-refractivity contribution in [2.24, 2.45) is 16.3 Å². The van der Waals surface area contributed by atoms with Crippen molar-refractivity contribution >= 4 is 5.71 Å². The Kier molecular flexibility index (Phi) is 10.9. The topological polar surface area (TPSA) is 48.3 Å². The molecular weight excluding hydrogens is 326 g/mol. The molecule has 1 heterocycles. The number of rotatable bonds is 12. The SMILES string of the molecule is CCC(C)(C)COCC(O)CN1CCN(CC/N=C(\C)CC(C)C)CC1. The second kappa shape index (κ2) is 12.1. The molecule has 5 nitrogen and oxygen atoms in total. The number of aliphatic hydroxyl groups excluding tert-OH is 1. The normalized spacial score (nSPS) is 19.3. The van der Waals surface area contributed by atoms with Crippen LogP contribution in [0.15, 0.2) is 4.99 Å². The standard InChI is InChI=1S/C21H43N3O2/c1-7-21(5,6)17-26-16-20(25)15-24-12-10-23(11-13-24)9-8-22-19(4)14-18(2)3/h18,20,25H,7-17H2,1-6H3/b22-19+. The van der Waals surface area contributed by atoms with E-state index < -0.39 is 6.10 Å². The van der Waals surface area contributed by atoms with Crippen LogP contribution in [0.3, 0.4) is 0 Å². The van der Waals surface area contributed by atoms with Gasteiger partial charge in [0.2, 0.25) is 0 Å². The molecule has 0 aromatic rings. The van der Waals surface area contributed by atoms with E-state index in [1.165, 1.54) is 5.71 Å². The maximum atomic E-state index is 10.2. The quantitative estimate of drug-likeness (QED) is 0.537. The fourth-order valence-electron chi connectivity index (χ4n) is 3.16. The van der Waals surface area contributed by atoms with Crippen molar-refractivity contribution in [3.63, 3.8) is 0 Å². The highest BCUT2D eigenvalue weighted by molar-refractivity contribution is 5.82. The van der Waals surface area contributed by atoms with E-state index in [2.05, 4.69) is 51.3 Å². The molecule has 0 radical (unpaired) electrons. The number of nitrogens with zero attached hydrogens (tertiary/aromatic N) is 3. The minimum atomic E-state index is -0.391. The summed E-state index contributed by atoms with van der Waals surface area (Å²) in [4.78, 5) is 9.52. The molecule has 1 saturated heterocycles. The van der Waals surface area contributed by atoms with E-state index in [4.69, 9.17) is 9.73 Å². The molecule has 1 unspecified atom stereocenters. The summed E-state index contributed by atoms with van der Waals surface area (Å²) in [6.07, 6.45) is 1.80. The van der Waals surface area contributed by atoms with Crippen LogP contribution in [0.25, 0.3) is 0 Å². The van der Waals surface area contributed by atoms with Crippen molar-refractivity contribution in [3.05, 3.63) is 0 Å². The Morgan fingerprint density at radius 2 is 1.77 bits per heavy atom. The van der Waals surface area contributed by atoms with Gasteiger partial charge in [-0.2, -0.15) is 0 Å². The van der Waals surface area contributed by atoms with Crippen molar-refractivity contribution in [1.29, 1.82) is 0 Å². The summed E-state index contributed by atoms with van der Waals surface area (Å²) in [7, 11) is 0. The summed E-state index contributed by atoms with van der Waals surface area (Å²) in [6, 6.07) is 0. The van der Waals surface area contributed by atoms with Crippen molar-refractivity contribution in [1.82, 2.24) is 9.80 Å². The van der Waals surface area contributed by atoms with Crippen LogP contribution in [-0.2, 0) is 4.74 Å². The van der Waals surface area contributed by atoms with Crippen molar-refractivity contribution < 1.29 is 9.84 Å². The maximum Gasteiger partial charge on any atom is 0.0900 e. The van der Waals surface area contributed by atoms with Gasteiger partial charge in [-0.3, -0.25) is 14.8 Å². The molecule has 1 aliphatic heterocycles. The van der Waals surface area contributed by atoms with E-state index in [1.54, 1.807) is 0 Å². The zero-order valence-corrected chi connectivity index (χ0v) is 18.1. The minimum absolute atomic E-state index is 0.196. The first-order valence-corrected chi connectivity index (χ1v) is 10.4. The molecule has 0 spiro atoms. The summed E-state index contributed by atoms with van der Waals surface area (Å²) in [5, 5.41) is 10.2. The van der Waals surface area contributed by atoms with E-state index in [9.17, 15) is 5.11 Å². The predicted octanol–water partition coefficient (Wildman–Crippen LogP) is 2.92. The van der Waals surface area contributed by atoms with Gasteiger partial charge < -0.3 is 9.84 Å². The second-order valence-electron chi connectivity index (χ2n) is 9.04. The number of hydrogen-bond donors (Lipinski definition) is 1. The average Bonchev–Trinajstić information content (AvgIpc) is 2.55. The van der Waals surface area contributed by atoms with Crippen molar-refractivity contribution in [2.75, 3.05) is 59.0 Å². The van der Waals surface area contributed by atoms with Crippen LogP contribution < -0.4 is 0 Å². The number of β-amino-alcohol motifs (C(OH)–C–C–N with tert-alkyl or cyclic N) is 1. The Morgan fingerprint density at radius 1 is 1.15 bits per heavy atom. The molecule has 1 atom stereocenters. The number of hydrogen-bond acceptors (Lipinski definition) is 5. The first-order chi connectivity index (χ1) is 12.2. The lowest BCUT2D eigenvalue weighted by atomic mass is 9.92. The molecule has 0 aliphatic carbocycles. The molecular formula is C21H43N3O2. The van der Waals surface area contributed by atoms with Crippen LogP contribution in [0.1, 0.15) is 54.4 Å². The summed E-state index contributed by atoms with van der Waals surface area (Å²) >= 11 is 0. The Bertz CT molecular complexity index is 402. The van der Waals surface area contributed by atoms with Gasteiger partial charge in [-0.25, -0.2) is 0 Å². The van der Waals surface area contributed by atoms with Gasteiger partial charge in [-0.05, 0) is 31.1 Å². The zero-order chi connectivity index (χ0) is 19.6. The van der Waals surface area contributed by atoms with Gasteiger partial charge in [-0.15, -0.1) is 0 Å². The third kappa shape index (κ3) is 10.6. The third-order valence-corrected chi connectivity index (χ3v) is 5.20. The summed E-state index contributed by atoms with van der Waals surface area (Å²) in [6.45, 7) is 21.2. The first kappa shape index (κ1) is 23.5. The van der Waals surface area contributed by atoms with Crippen LogP contribution in [0.4, 0.5) is 0 Å². The number of ether oxygens (including phenoxy) is 1. The van der Waals surface area contributed by atoms with Gasteiger partial charge in [0, 0.05) is 45.0 Å². The highest BCUT2D eigenvalue weighted by atomic mass is 16.5. The Morgan fingerprint density at radius 3 is 2.35 bits per heavy atom. The van der Waals surface area contributed by atoms with Crippen molar-refractivity contribution in [2.45, 2.75) is 60.5 Å². The monoisotopic (exact) mass is 369 g/mol. The Hall–Kier alpha value is -0.490. The van der Waals surface area contributed by atoms with Crippen LogP contribution in [0.2, 0.25) is 0 Å². The molecule has 154 valence electrons. The molecule has 0 aromatic carbocycles. The lowest BCUT2D eigenvalue weighted by molar-refractivity contribution is -0.0165. The highest BCUT2D eigenvalue weighted by Gasteiger charge is 2.20. The third-order valence-electron chi connectivity index (χ3n) is 5.20. The molecule has 0 aromatic heterocycles. The fraction of sp³-hybridized carbons (Fsp3) is 0.952. The maximum absolute atomic E-state index is 10.2. The van der Waals surface area contributed by atoms with E-state index in [0.717, 1.165) is 52.1 Å². The molecule has 1 aliphatic rings. The van der Waals surface area contributed by atoms with Crippen LogP contribution in [0.5, 0.6) is 0 Å². The van der Waals surface area contributed by atoms with Crippen molar-refractivity contribution in [3.8, 4) is 0 Å².